The van der Waals surface area contributed by atoms with Crippen molar-refractivity contribution in [3.05, 3.63) is 0 Å². The van der Waals surface area contributed by atoms with Gasteiger partial charge in [0, 0.05) is 5.50 Å². The number of hydrogen-bond acceptors (Lipinski definition) is 2. The zero-order valence-corrected chi connectivity index (χ0v) is 15.1. The average Bonchev–Trinajstić information content (AvgIpc) is 2.04. The summed E-state index contributed by atoms with van der Waals surface area (Å²) in [5.74, 6) is 0. The third-order valence-corrected chi connectivity index (χ3v) is 9.82. The topological polar surface area (TPSA) is 18.5 Å². The molecule has 0 aliphatic rings. The molecule has 0 aliphatic heterocycles. The Hall–Kier alpha value is 1.08. The van der Waals surface area contributed by atoms with Gasteiger partial charge in [0.2, 0.25) is 0 Å². The fourth-order valence-corrected chi connectivity index (χ4v) is 1.70. The van der Waals surface area contributed by atoms with Gasteiger partial charge in [-0.25, -0.2) is 0 Å². The van der Waals surface area contributed by atoms with Gasteiger partial charge in [-0.3, -0.25) is 0 Å². The van der Waals surface area contributed by atoms with Crippen LogP contribution in [-0.2, 0) is 8.23 Å². The second-order valence-electron chi connectivity index (χ2n) is 2.49. The van der Waals surface area contributed by atoms with E-state index >= 15 is 0 Å². The van der Waals surface area contributed by atoms with E-state index in [9.17, 15) is 0 Å². The van der Waals surface area contributed by atoms with Crippen molar-refractivity contribution >= 4 is 50.7 Å². The van der Waals surface area contributed by atoms with Crippen molar-refractivity contribution in [1.29, 1.82) is 0 Å². The maximum Gasteiger partial charge on any atom is 0.174 e. The Bertz CT molecular complexity index is 71.1. The lowest BCUT2D eigenvalue weighted by Gasteiger charge is -1.98. The van der Waals surface area contributed by atoms with Crippen LogP contribution in [0.5, 0.6) is 0 Å². The average molecular weight is 247 g/mol. The Balaban J connectivity index is 0. The lowest BCUT2D eigenvalue weighted by molar-refractivity contribution is 0.646. The first-order valence-electron chi connectivity index (χ1n) is 3.70. The molecule has 70 valence electrons. The zero-order valence-electron chi connectivity index (χ0n) is 8.06. The van der Waals surface area contributed by atoms with Crippen LogP contribution in [-0.4, -0.2) is 44.6 Å². The highest BCUT2D eigenvalue weighted by atomic mass is 35.5. The van der Waals surface area contributed by atoms with Crippen molar-refractivity contribution in [1.82, 2.24) is 0 Å². The first-order chi connectivity index (χ1) is 5.08. The van der Waals surface area contributed by atoms with Gasteiger partial charge in [0.25, 0.3) is 0 Å². The molecule has 0 aromatic rings. The molecule has 0 rings (SSSR count). The molecule has 1 unspecified atom stereocenters. The summed E-state index contributed by atoms with van der Waals surface area (Å²) in [6, 6.07) is 0. The molecular formula is C4H19ClO2Si4. The molecule has 2 nitrogen and oxygen atoms in total. The van der Waals surface area contributed by atoms with Crippen LogP contribution in [0.1, 0.15) is 0 Å². The van der Waals surface area contributed by atoms with E-state index in [0.29, 0.717) is 0 Å². The van der Waals surface area contributed by atoms with Gasteiger partial charge in [0.05, 0.1) is 0 Å². The van der Waals surface area contributed by atoms with Crippen LogP contribution in [0.25, 0.3) is 0 Å². The maximum absolute atomic E-state index is 5.41. The molecular weight excluding hydrogens is 228 g/mol. The van der Waals surface area contributed by atoms with Gasteiger partial charge in [0.15, 0.2) is 18.1 Å². The van der Waals surface area contributed by atoms with Crippen LogP contribution in [0.2, 0.25) is 19.6 Å². The van der Waals surface area contributed by atoms with Crippen molar-refractivity contribution in [3.63, 3.8) is 0 Å². The van der Waals surface area contributed by atoms with Crippen molar-refractivity contribution in [2.45, 2.75) is 19.6 Å². The van der Waals surface area contributed by atoms with Gasteiger partial charge in [0.1, 0.15) is 21.0 Å². The quantitative estimate of drug-likeness (QED) is 0.455. The largest absolute Gasteiger partial charge is 0.466 e. The minimum Gasteiger partial charge on any atom is -0.466 e. The molecule has 0 aliphatic carbocycles. The van der Waals surface area contributed by atoms with Crippen LogP contribution in [0.3, 0.4) is 0 Å². The first kappa shape index (κ1) is 14.6. The van der Waals surface area contributed by atoms with Crippen molar-refractivity contribution in [2.75, 3.05) is 5.50 Å². The summed E-state index contributed by atoms with van der Waals surface area (Å²) in [5, 5.41) is 0. The SMILES string of the molecule is C[SiH](C)O[SiH3].C[SiH](CCl)O[SiH3]. The normalized spacial score (nSPS) is 12.8. The highest BCUT2D eigenvalue weighted by Crippen LogP contribution is 1.82. The van der Waals surface area contributed by atoms with E-state index in [-0.39, 0.29) is 0 Å². The molecule has 0 saturated carbocycles. The van der Waals surface area contributed by atoms with Gasteiger partial charge in [-0.1, -0.05) is 0 Å². The fourth-order valence-electron chi connectivity index (χ4n) is 0.0630. The minimum atomic E-state index is -0.833. The van der Waals surface area contributed by atoms with E-state index in [1.54, 1.807) is 0 Å². The van der Waals surface area contributed by atoms with Crippen LogP contribution in [0.15, 0.2) is 0 Å². The highest BCUT2D eigenvalue weighted by molar-refractivity contribution is 6.63. The number of alkyl halides is 1. The predicted molar refractivity (Wildman–Crippen MR) is 64.7 cm³/mol. The fraction of sp³-hybridized carbons (Fsp3) is 1.00. The number of rotatable bonds is 3. The highest BCUT2D eigenvalue weighted by Gasteiger charge is 1.93. The van der Waals surface area contributed by atoms with Crippen molar-refractivity contribution in [3.8, 4) is 0 Å². The molecule has 7 heteroatoms. The van der Waals surface area contributed by atoms with Gasteiger partial charge < -0.3 is 8.23 Å². The van der Waals surface area contributed by atoms with E-state index in [1.165, 1.54) is 0 Å². The monoisotopic (exact) mass is 246 g/mol. The van der Waals surface area contributed by atoms with Gasteiger partial charge >= 0.3 is 0 Å². The summed E-state index contributed by atoms with van der Waals surface area (Å²) in [6.07, 6.45) is 0. The Morgan fingerprint density at radius 2 is 1.55 bits per heavy atom. The molecule has 0 bridgehead atoms. The van der Waals surface area contributed by atoms with E-state index in [4.69, 9.17) is 19.8 Å². The van der Waals surface area contributed by atoms with E-state index in [1.807, 2.05) is 0 Å². The van der Waals surface area contributed by atoms with Gasteiger partial charge in [-0.15, -0.1) is 11.6 Å². The molecule has 0 amide bonds. The minimum absolute atomic E-state index is 0.588. The first-order valence-corrected chi connectivity index (χ1v) is 11.1. The molecule has 0 fully saturated rings. The summed E-state index contributed by atoms with van der Waals surface area (Å²) < 4.78 is 10.1. The Labute approximate surface area is 84.2 Å². The van der Waals surface area contributed by atoms with Crippen LogP contribution in [0.4, 0.5) is 0 Å². The van der Waals surface area contributed by atoms with Crippen LogP contribution in [0, 0.1) is 0 Å². The standard InChI is InChI=1S/C2H9ClOSi2.C2H10OSi2/c1-6(2-3)4-5;1-5(2)3-4/h6H,2H2,1,5H3;5H,1-2,4H3. The molecule has 1 atom stereocenters. The maximum atomic E-state index is 5.41. The smallest absolute Gasteiger partial charge is 0.174 e. The molecule has 0 saturated heterocycles. The molecule has 0 radical (unpaired) electrons. The zero-order chi connectivity index (χ0) is 9.28. The second kappa shape index (κ2) is 11.1. The predicted octanol–water partition coefficient (Wildman–Crippen LogP) is -1.32. The summed E-state index contributed by atoms with van der Waals surface area (Å²) in [5.41, 5.74) is 0.753. The Kier molecular flexibility index (Phi) is 14.7. The second-order valence-corrected chi connectivity index (χ2v) is 11.2. The van der Waals surface area contributed by atoms with Gasteiger partial charge in [-0.2, -0.15) is 0 Å². The lowest BCUT2D eigenvalue weighted by atomic mass is 11.9. The molecule has 0 N–H and O–H groups in total. The van der Waals surface area contributed by atoms with Crippen molar-refractivity contribution < 1.29 is 8.23 Å². The van der Waals surface area contributed by atoms with Gasteiger partial charge in [-0.05, 0) is 19.6 Å². The van der Waals surface area contributed by atoms with Crippen molar-refractivity contribution in [2.24, 2.45) is 0 Å². The molecule has 0 spiro atoms. The number of hydrogen-bond donors (Lipinski definition) is 0. The summed E-state index contributed by atoms with van der Waals surface area (Å²) in [7, 11) is 0.374. The summed E-state index contributed by atoms with van der Waals surface area (Å²) in [4.78, 5) is 0. The molecule has 0 aromatic carbocycles. The summed E-state index contributed by atoms with van der Waals surface area (Å²) >= 11 is 5.41. The summed E-state index contributed by atoms with van der Waals surface area (Å²) in [6.45, 7) is 6.44. The molecule has 0 heterocycles. The van der Waals surface area contributed by atoms with Crippen LogP contribution < -0.4 is 0 Å². The van der Waals surface area contributed by atoms with E-state index in [0.717, 1.165) is 26.5 Å². The molecule has 0 aromatic heterocycles. The third-order valence-electron chi connectivity index (χ3n) is 1.09. The number of halogens is 1. The Morgan fingerprint density at radius 1 is 1.18 bits per heavy atom. The van der Waals surface area contributed by atoms with Crippen LogP contribution >= 0.6 is 11.6 Å². The molecule has 11 heavy (non-hydrogen) atoms. The third kappa shape index (κ3) is 18.2. The van der Waals surface area contributed by atoms with E-state index in [2.05, 4.69) is 19.6 Å². The van der Waals surface area contributed by atoms with E-state index < -0.39 is 18.1 Å². The Morgan fingerprint density at radius 3 is 1.55 bits per heavy atom. The lowest BCUT2D eigenvalue weighted by Crippen LogP contribution is -2.12.